The van der Waals surface area contributed by atoms with Crippen LogP contribution in [0.2, 0.25) is 0 Å². The van der Waals surface area contributed by atoms with Gasteiger partial charge in [0.1, 0.15) is 11.5 Å². The molecule has 2 aliphatic rings. The van der Waals surface area contributed by atoms with Crippen LogP contribution in [-0.2, 0) is 13.1 Å². The van der Waals surface area contributed by atoms with E-state index in [4.69, 9.17) is 0 Å². The second-order valence-electron chi connectivity index (χ2n) is 10.8. The Morgan fingerprint density at radius 2 is 1.46 bits per heavy atom. The summed E-state index contributed by atoms with van der Waals surface area (Å²) in [7, 11) is 0. The molecule has 2 saturated heterocycles. The molecule has 6 nitrogen and oxygen atoms in total. The van der Waals surface area contributed by atoms with Crippen molar-refractivity contribution in [1.82, 2.24) is 25.0 Å². The number of carbonyl (C=O) groups is 1. The van der Waals surface area contributed by atoms with Crippen LogP contribution in [0.15, 0.2) is 73.4 Å². The molecule has 1 aromatic heterocycles. The molecule has 5 rings (SSSR count). The minimum atomic E-state index is -0.202. The van der Waals surface area contributed by atoms with E-state index in [2.05, 4.69) is 62.8 Å². The van der Waals surface area contributed by atoms with E-state index in [1.165, 1.54) is 23.3 Å². The molecule has 0 atom stereocenters. The number of piperazine rings is 1. The molecule has 39 heavy (non-hydrogen) atoms. The number of benzene rings is 2. The molecular formula is C32H38FN5O. The maximum Gasteiger partial charge on any atom is 0.270 e. The molecule has 1 amide bonds. The lowest BCUT2D eigenvalue weighted by Crippen LogP contribution is -2.45. The molecule has 1 N–H and O–H groups in total. The van der Waals surface area contributed by atoms with Crippen molar-refractivity contribution in [3.63, 3.8) is 0 Å². The predicted octanol–water partition coefficient (Wildman–Crippen LogP) is 4.71. The molecule has 3 heterocycles. The average Bonchev–Trinajstić information content (AvgIpc) is 2.96. The van der Waals surface area contributed by atoms with Crippen molar-refractivity contribution in [2.45, 2.75) is 38.9 Å². The van der Waals surface area contributed by atoms with Crippen molar-refractivity contribution < 1.29 is 9.18 Å². The summed E-state index contributed by atoms with van der Waals surface area (Å²) in [5.41, 5.74) is 6.04. The third-order valence-corrected chi connectivity index (χ3v) is 7.85. The normalized spacial score (nSPS) is 17.2. The lowest BCUT2D eigenvalue weighted by Gasteiger charge is -2.37. The van der Waals surface area contributed by atoms with E-state index in [9.17, 15) is 9.18 Å². The Labute approximate surface area is 231 Å². The van der Waals surface area contributed by atoms with Crippen LogP contribution in [0.3, 0.4) is 0 Å². The molecule has 204 valence electrons. The van der Waals surface area contributed by atoms with Crippen molar-refractivity contribution in [2.75, 3.05) is 39.3 Å². The van der Waals surface area contributed by atoms with Crippen molar-refractivity contribution in [1.29, 1.82) is 0 Å². The van der Waals surface area contributed by atoms with E-state index < -0.39 is 0 Å². The number of nitrogens with one attached hydrogen (secondary N) is 1. The molecule has 2 aromatic carbocycles. The first kappa shape index (κ1) is 27.0. The first-order valence-electron chi connectivity index (χ1n) is 13.9. The van der Waals surface area contributed by atoms with Gasteiger partial charge in [-0.25, -0.2) is 4.39 Å². The van der Waals surface area contributed by atoms with Crippen LogP contribution >= 0.6 is 0 Å². The predicted molar refractivity (Wildman–Crippen MR) is 153 cm³/mol. The highest BCUT2D eigenvalue weighted by Gasteiger charge is 2.23. The number of hydrogen-bond donors (Lipinski definition) is 1. The molecule has 2 fully saturated rings. The minimum absolute atomic E-state index is 0.112. The molecule has 0 radical (unpaired) electrons. The number of aryl methyl sites for hydroxylation is 1. The van der Waals surface area contributed by atoms with Crippen LogP contribution in [0.5, 0.6) is 0 Å². The molecule has 3 aromatic rings. The van der Waals surface area contributed by atoms with Crippen molar-refractivity contribution in [3.05, 3.63) is 107 Å². The number of amides is 1. The van der Waals surface area contributed by atoms with Crippen LogP contribution in [0, 0.1) is 12.7 Å². The maximum absolute atomic E-state index is 13.2. The van der Waals surface area contributed by atoms with Crippen molar-refractivity contribution in [2.24, 2.45) is 0 Å². The highest BCUT2D eigenvalue weighted by atomic mass is 19.1. The van der Waals surface area contributed by atoms with Gasteiger partial charge in [-0.15, -0.1) is 0 Å². The highest BCUT2D eigenvalue weighted by Crippen LogP contribution is 2.20. The zero-order valence-corrected chi connectivity index (χ0v) is 22.8. The summed E-state index contributed by atoms with van der Waals surface area (Å²) in [4.78, 5) is 24.4. The number of likely N-dealkylation sites (tertiary alicyclic amines) is 1. The molecular weight excluding hydrogens is 489 g/mol. The smallest absolute Gasteiger partial charge is 0.270 e. The Morgan fingerprint density at radius 1 is 0.872 bits per heavy atom. The van der Waals surface area contributed by atoms with Gasteiger partial charge in [-0.3, -0.25) is 19.6 Å². The number of aromatic nitrogens is 1. The van der Waals surface area contributed by atoms with Crippen LogP contribution in [-0.4, -0.2) is 70.9 Å². The Hall–Kier alpha value is -3.55. The summed E-state index contributed by atoms with van der Waals surface area (Å²) in [6, 6.07) is 19.4. The lowest BCUT2D eigenvalue weighted by molar-refractivity contribution is 0.0904. The second-order valence-corrected chi connectivity index (χ2v) is 10.8. The van der Waals surface area contributed by atoms with Gasteiger partial charge in [0.25, 0.3) is 5.91 Å². The standard InChI is InChI=1S/C32H38FN5O/c1-24-3-5-26(6-4-24)22-36-15-13-30(14-16-36)35-32(39)31-12-9-28(21-34-31)25(2)38-19-17-37(18-20-38)23-27-7-10-29(33)11-8-27/h3-12,21,30H,2,13-20,22-23H2,1H3,(H,35,39). The van der Waals surface area contributed by atoms with Crippen LogP contribution in [0.4, 0.5) is 4.39 Å². The van der Waals surface area contributed by atoms with E-state index in [0.717, 1.165) is 82.0 Å². The number of nitrogens with zero attached hydrogens (tertiary/aromatic N) is 4. The fraction of sp³-hybridized carbons (Fsp3) is 0.375. The number of carbonyl (C=O) groups excluding carboxylic acids is 1. The first-order chi connectivity index (χ1) is 18.9. The number of halogens is 1. The molecule has 2 aliphatic heterocycles. The van der Waals surface area contributed by atoms with Crippen molar-refractivity contribution >= 4 is 11.6 Å². The Bertz CT molecular complexity index is 1240. The monoisotopic (exact) mass is 527 g/mol. The third kappa shape index (κ3) is 7.31. The SMILES string of the molecule is C=C(c1ccc(C(=O)NC2CCN(Cc3ccc(C)cc3)CC2)nc1)N1CCN(Cc2ccc(F)cc2)CC1. The summed E-state index contributed by atoms with van der Waals surface area (Å²) >= 11 is 0. The van der Waals surface area contributed by atoms with Gasteiger partial charge in [0, 0.05) is 75.9 Å². The fourth-order valence-electron chi connectivity index (χ4n) is 5.35. The van der Waals surface area contributed by atoms with Gasteiger partial charge in [-0.05, 0) is 55.2 Å². The average molecular weight is 528 g/mol. The minimum Gasteiger partial charge on any atom is -0.369 e. The van der Waals surface area contributed by atoms with Crippen LogP contribution in [0.1, 0.15) is 45.6 Å². The second kappa shape index (κ2) is 12.5. The summed E-state index contributed by atoms with van der Waals surface area (Å²) in [6.07, 6.45) is 3.64. The van der Waals surface area contributed by atoms with Gasteiger partial charge in [0.05, 0.1) is 0 Å². The number of hydrogen-bond acceptors (Lipinski definition) is 5. The van der Waals surface area contributed by atoms with Crippen molar-refractivity contribution in [3.8, 4) is 0 Å². The van der Waals surface area contributed by atoms with Gasteiger partial charge in [-0.2, -0.15) is 0 Å². The van der Waals surface area contributed by atoms with E-state index >= 15 is 0 Å². The van der Waals surface area contributed by atoms with Gasteiger partial charge in [0.2, 0.25) is 0 Å². The fourth-order valence-corrected chi connectivity index (χ4v) is 5.35. The summed E-state index contributed by atoms with van der Waals surface area (Å²) in [5, 5.41) is 3.18. The Kier molecular flexibility index (Phi) is 8.69. The van der Waals surface area contributed by atoms with E-state index in [0.29, 0.717) is 5.69 Å². The lowest BCUT2D eigenvalue weighted by atomic mass is 10.0. The quantitative estimate of drug-likeness (QED) is 0.460. The molecule has 0 saturated carbocycles. The number of piperidine rings is 1. The molecule has 0 bridgehead atoms. The summed E-state index contributed by atoms with van der Waals surface area (Å²) in [6.45, 7) is 13.7. The Balaban J connectivity index is 1.05. The van der Waals surface area contributed by atoms with Gasteiger partial charge in [-0.1, -0.05) is 48.5 Å². The van der Waals surface area contributed by atoms with E-state index in [1.54, 1.807) is 12.3 Å². The summed E-state index contributed by atoms with van der Waals surface area (Å²) < 4.78 is 13.2. The first-order valence-corrected chi connectivity index (χ1v) is 13.9. The topological polar surface area (TPSA) is 51.7 Å². The highest BCUT2D eigenvalue weighted by molar-refractivity contribution is 5.92. The molecule has 0 aliphatic carbocycles. The van der Waals surface area contributed by atoms with E-state index in [1.807, 2.05) is 18.2 Å². The zero-order chi connectivity index (χ0) is 27.2. The van der Waals surface area contributed by atoms with Crippen LogP contribution < -0.4 is 5.32 Å². The van der Waals surface area contributed by atoms with E-state index in [-0.39, 0.29) is 17.8 Å². The third-order valence-electron chi connectivity index (χ3n) is 7.85. The molecule has 7 heteroatoms. The number of rotatable bonds is 8. The zero-order valence-electron chi connectivity index (χ0n) is 22.8. The Morgan fingerprint density at radius 3 is 2.05 bits per heavy atom. The van der Waals surface area contributed by atoms with Gasteiger partial charge in [0.15, 0.2) is 0 Å². The molecule has 0 spiro atoms. The van der Waals surface area contributed by atoms with Gasteiger partial charge < -0.3 is 10.2 Å². The molecule has 0 unspecified atom stereocenters. The summed E-state index contributed by atoms with van der Waals surface area (Å²) in [5.74, 6) is -0.314. The maximum atomic E-state index is 13.2. The van der Waals surface area contributed by atoms with Gasteiger partial charge >= 0.3 is 0 Å². The largest absolute Gasteiger partial charge is 0.369 e. The number of pyridine rings is 1. The van der Waals surface area contributed by atoms with Crippen LogP contribution in [0.25, 0.3) is 5.70 Å².